The molecule has 2 saturated heterocycles. The standard InChI is InChI=1S/C26H31BrN4O5/c1-18-14-20(2-7-23(18)27)29-24(32)17-36-22-5-3-21(4-6-22)31-16-19(15-25(31)33)26(34)28-8-9-30-10-12-35-13-11-30/h2-7,14,19H,8-13,15-17H2,1H3,(H,28,34)(H,29,32)/t19-/m0/s1. The Balaban J connectivity index is 1.22. The van der Waals surface area contributed by atoms with Gasteiger partial charge in [-0.3, -0.25) is 19.3 Å². The van der Waals surface area contributed by atoms with E-state index in [1.54, 1.807) is 29.2 Å². The summed E-state index contributed by atoms with van der Waals surface area (Å²) in [6.07, 6.45) is 0.192. The number of nitrogens with one attached hydrogen (secondary N) is 2. The van der Waals surface area contributed by atoms with Gasteiger partial charge in [0, 0.05) is 55.0 Å². The Morgan fingerprint density at radius 3 is 2.61 bits per heavy atom. The lowest BCUT2D eigenvalue weighted by atomic mass is 10.1. The minimum atomic E-state index is -0.371. The van der Waals surface area contributed by atoms with Crippen LogP contribution in [0.1, 0.15) is 12.0 Å². The highest BCUT2D eigenvalue weighted by atomic mass is 79.9. The molecule has 9 nitrogen and oxygen atoms in total. The number of carbonyl (C=O) groups excluding carboxylic acids is 3. The molecule has 36 heavy (non-hydrogen) atoms. The number of halogens is 1. The van der Waals surface area contributed by atoms with Gasteiger partial charge in [0.1, 0.15) is 5.75 Å². The zero-order chi connectivity index (χ0) is 25.5. The zero-order valence-electron chi connectivity index (χ0n) is 20.3. The monoisotopic (exact) mass is 558 g/mol. The summed E-state index contributed by atoms with van der Waals surface area (Å²) in [5.74, 6) is -0.292. The molecule has 192 valence electrons. The normalized spacial score (nSPS) is 18.2. The first-order valence-electron chi connectivity index (χ1n) is 12.1. The maximum Gasteiger partial charge on any atom is 0.262 e. The van der Waals surface area contributed by atoms with Crippen molar-refractivity contribution in [3.05, 3.63) is 52.5 Å². The summed E-state index contributed by atoms with van der Waals surface area (Å²) >= 11 is 3.44. The molecule has 2 aliphatic rings. The van der Waals surface area contributed by atoms with Crippen molar-refractivity contribution in [3.63, 3.8) is 0 Å². The summed E-state index contributed by atoms with van der Waals surface area (Å²) in [5, 5.41) is 5.77. The highest BCUT2D eigenvalue weighted by molar-refractivity contribution is 9.10. The number of rotatable bonds is 9. The van der Waals surface area contributed by atoms with E-state index in [0.717, 1.165) is 42.9 Å². The van der Waals surface area contributed by atoms with Gasteiger partial charge in [-0.25, -0.2) is 0 Å². The van der Waals surface area contributed by atoms with Crippen molar-refractivity contribution >= 4 is 45.0 Å². The Kier molecular flexibility index (Phi) is 8.95. The summed E-state index contributed by atoms with van der Waals surface area (Å²) in [7, 11) is 0. The summed E-state index contributed by atoms with van der Waals surface area (Å²) in [4.78, 5) is 41.2. The number of anilines is 2. The molecule has 0 unspecified atom stereocenters. The molecule has 2 N–H and O–H groups in total. The van der Waals surface area contributed by atoms with Gasteiger partial charge in [-0.2, -0.15) is 0 Å². The van der Waals surface area contributed by atoms with Gasteiger partial charge < -0.3 is 25.0 Å². The highest BCUT2D eigenvalue weighted by Gasteiger charge is 2.35. The van der Waals surface area contributed by atoms with Crippen LogP contribution in [0.3, 0.4) is 0 Å². The molecule has 2 aromatic rings. The number of nitrogens with zero attached hydrogens (tertiary/aromatic N) is 2. The van der Waals surface area contributed by atoms with E-state index >= 15 is 0 Å². The van der Waals surface area contributed by atoms with Crippen LogP contribution in [0.15, 0.2) is 46.9 Å². The predicted molar refractivity (Wildman–Crippen MR) is 140 cm³/mol. The fourth-order valence-electron chi connectivity index (χ4n) is 4.23. The summed E-state index contributed by atoms with van der Waals surface area (Å²) in [5.41, 5.74) is 2.42. The van der Waals surface area contributed by atoms with Crippen LogP contribution in [-0.2, 0) is 19.1 Å². The second-order valence-electron chi connectivity index (χ2n) is 8.95. The van der Waals surface area contributed by atoms with Crippen molar-refractivity contribution in [1.82, 2.24) is 10.2 Å². The van der Waals surface area contributed by atoms with E-state index in [-0.39, 0.29) is 36.7 Å². The first-order valence-corrected chi connectivity index (χ1v) is 12.9. The first-order chi connectivity index (χ1) is 17.4. The Morgan fingerprint density at radius 1 is 1.14 bits per heavy atom. The Labute approximate surface area is 219 Å². The maximum atomic E-state index is 12.6. The van der Waals surface area contributed by atoms with Gasteiger partial charge in [0.05, 0.1) is 19.1 Å². The third-order valence-electron chi connectivity index (χ3n) is 6.29. The molecule has 0 aliphatic carbocycles. The number of hydrogen-bond acceptors (Lipinski definition) is 6. The molecule has 0 spiro atoms. The smallest absolute Gasteiger partial charge is 0.262 e. The molecule has 2 aliphatic heterocycles. The van der Waals surface area contributed by atoms with E-state index in [1.165, 1.54) is 0 Å². The average Bonchev–Trinajstić information content (AvgIpc) is 3.27. The molecule has 0 aromatic heterocycles. The van der Waals surface area contributed by atoms with Gasteiger partial charge in [-0.15, -0.1) is 0 Å². The van der Waals surface area contributed by atoms with E-state index < -0.39 is 0 Å². The van der Waals surface area contributed by atoms with Gasteiger partial charge in [0.15, 0.2) is 6.61 Å². The molecule has 2 heterocycles. The number of carbonyl (C=O) groups is 3. The van der Waals surface area contributed by atoms with Gasteiger partial charge >= 0.3 is 0 Å². The van der Waals surface area contributed by atoms with Crippen molar-refractivity contribution in [3.8, 4) is 5.75 Å². The molecular weight excluding hydrogens is 528 g/mol. The quantitative estimate of drug-likeness (QED) is 0.490. The summed E-state index contributed by atoms with van der Waals surface area (Å²) < 4.78 is 11.9. The van der Waals surface area contributed by atoms with Crippen LogP contribution in [0, 0.1) is 12.8 Å². The summed E-state index contributed by atoms with van der Waals surface area (Å²) in [6.45, 7) is 6.70. The lowest BCUT2D eigenvalue weighted by Crippen LogP contribution is -2.42. The lowest BCUT2D eigenvalue weighted by molar-refractivity contribution is -0.126. The van der Waals surface area contributed by atoms with Crippen LogP contribution in [0.5, 0.6) is 5.75 Å². The van der Waals surface area contributed by atoms with Gasteiger partial charge in [-0.05, 0) is 55.0 Å². The molecule has 3 amide bonds. The van der Waals surface area contributed by atoms with Gasteiger partial charge in [0.2, 0.25) is 11.8 Å². The number of benzene rings is 2. The average molecular weight is 559 g/mol. The van der Waals surface area contributed by atoms with Crippen molar-refractivity contribution < 1.29 is 23.9 Å². The fourth-order valence-corrected chi connectivity index (χ4v) is 4.48. The van der Waals surface area contributed by atoms with Gasteiger partial charge in [-0.1, -0.05) is 15.9 Å². The Morgan fingerprint density at radius 2 is 1.89 bits per heavy atom. The number of morpholine rings is 1. The lowest BCUT2D eigenvalue weighted by Gasteiger charge is -2.26. The van der Waals surface area contributed by atoms with Crippen molar-refractivity contribution in [1.29, 1.82) is 0 Å². The largest absolute Gasteiger partial charge is 0.484 e. The molecule has 0 radical (unpaired) electrons. The van der Waals surface area contributed by atoms with E-state index in [2.05, 4.69) is 31.5 Å². The van der Waals surface area contributed by atoms with Crippen LogP contribution >= 0.6 is 15.9 Å². The fraction of sp³-hybridized carbons (Fsp3) is 0.423. The summed E-state index contributed by atoms with van der Waals surface area (Å²) in [6, 6.07) is 12.5. The van der Waals surface area contributed by atoms with Crippen LogP contribution in [0.25, 0.3) is 0 Å². The van der Waals surface area contributed by atoms with Crippen LogP contribution < -0.4 is 20.3 Å². The maximum absolute atomic E-state index is 12.6. The SMILES string of the molecule is Cc1cc(NC(=O)COc2ccc(N3C[C@@H](C(=O)NCCN4CCOCC4)CC3=O)cc2)ccc1Br. The van der Waals surface area contributed by atoms with Gasteiger partial charge in [0.25, 0.3) is 5.91 Å². The van der Waals surface area contributed by atoms with Crippen LogP contribution in [0.4, 0.5) is 11.4 Å². The Bertz CT molecular complexity index is 1090. The molecule has 10 heteroatoms. The minimum Gasteiger partial charge on any atom is -0.484 e. The van der Waals surface area contributed by atoms with E-state index in [1.807, 2.05) is 25.1 Å². The van der Waals surface area contributed by atoms with Crippen molar-refractivity contribution in [2.75, 3.05) is 62.8 Å². The topological polar surface area (TPSA) is 100 Å². The third kappa shape index (κ3) is 7.05. The number of aryl methyl sites for hydroxylation is 1. The molecule has 2 aromatic carbocycles. The van der Waals surface area contributed by atoms with E-state index in [4.69, 9.17) is 9.47 Å². The molecular formula is C26H31BrN4O5. The second-order valence-corrected chi connectivity index (χ2v) is 9.80. The minimum absolute atomic E-state index is 0.0823. The molecule has 0 bridgehead atoms. The van der Waals surface area contributed by atoms with Crippen molar-refractivity contribution in [2.45, 2.75) is 13.3 Å². The highest BCUT2D eigenvalue weighted by Crippen LogP contribution is 2.27. The number of hydrogen-bond donors (Lipinski definition) is 2. The van der Waals surface area contributed by atoms with Crippen LogP contribution in [0.2, 0.25) is 0 Å². The molecule has 2 fully saturated rings. The predicted octanol–water partition coefficient (Wildman–Crippen LogP) is 2.58. The molecule has 4 rings (SSSR count). The van der Waals surface area contributed by atoms with E-state index in [0.29, 0.717) is 30.2 Å². The van der Waals surface area contributed by atoms with Crippen LogP contribution in [-0.4, -0.2) is 75.2 Å². The van der Waals surface area contributed by atoms with E-state index in [9.17, 15) is 14.4 Å². The number of amides is 3. The Hall–Kier alpha value is -2.95. The third-order valence-corrected chi connectivity index (χ3v) is 7.18. The molecule has 1 atom stereocenters. The first kappa shape index (κ1) is 26.1. The zero-order valence-corrected chi connectivity index (χ0v) is 21.9. The van der Waals surface area contributed by atoms with Crippen molar-refractivity contribution in [2.24, 2.45) is 5.92 Å². The number of ether oxygens (including phenoxy) is 2. The molecule has 0 saturated carbocycles. The second kappa shape index (κ2) is 12.3.